The minimum absolute atomic E-state index is 0.385. The van der Waals surface area contributed by atoms with Crippen LogP contribution in [0.2, 0.25) is 0 Å². The topological polar surface area (TPSA) is 24.5 Å². The van der Waals surface area contributed by atoms with Gasteiger partial charge in [-0.1, -0.05) is 33.1 Å². The van der Waals surface area contributed by atoms with E-state index < -0.39 is 0 Å². The van der Waals surface area contributed by atoms with Gasteiger partial charge in [-0.05, 0) is 20.0 Å². The minimum Gasteiger partial charge on any atom is -0.374 e. The number of likely N-dealkylation sites (N-methyl/N-ethyl adjacent to an activating group) is 2. The van der Waals surface area contributed by atoms with Gasteiger partial charge < -0.3 is 15.0 Å². The number of nitrogens with one attached hydrogen (secondary N) is 1. The van der Waals surface area contributed by atoms with Gasteiger partial charge in [-0.3, -0.25) is 0 Å². The molecule has 1 aliphatic rings. The van der Waals surface area contributed by atoms with Gasteiger partial charge in [-0.15, -0.1) is 0 Å². The van der Waals surface area contributed by atoms with Crippen molar-refractivity contribution >= 4 is 0 Å². The Labute approximate surface area is 101 Å². The molecule has 2 atom stereocenters. The average molecular weight is 228 g/mol. The molecule has 1 saturated heterocycles. The van der Waals surface area contributed by atoms with Gasteiger partial charge in [-0.2, -0.15) is 0 Å². The maximum atomic E-state index is 5.89. The lowest BCUT2D eigenvalue weighted by molar-refractivity contribution is -0.0399. The summed E-state index contributed by atoms with van der Waals surface area (Å²) in [5.41, 5.74) is 0. The van der Waals surface area contributed by atoms with Crippen molar-refractivity contribution in [3.05, 3.63) is 0 Å². The van der Waals surface area contributed by atoms with Crippen LogP contribution < -0.4 is 5.32 Å². The molecule has 0 amide bonds. The summed E-state index contributed by atoms with van der Waals surface area (Å²) in [4.78, 5) is 2.37. The molecule has 0 aromatic rings. The number of unbranched alkanes of at least 4 members (excludes halogenated alkanes) is 2. The summed E-state index contributed by atoms with van der Waals surface area (Å²) in [5, 5.41) is 3.58. The Kier molecular flexibility index (Phi) is 7.01. The molecule has 0 spiro atoms. The van der Waals surface area contributed by atoms with Crippen molar-refractivity contribution in [1.29, 1.82) is 0 Å². The van der Waals surface area contributed by atoms with E-state index in [1.165, 1.54) is 25.7 Å². The maximum Gasteiger partial charge on any atom is 0.0855 e. The van der Waals surface area contributed by atoms with E-state index in [0.717, 1.165) is 26.2 Å². The molecule has 0 saturated carbocycles. The van der Waals surface area contributed by atoms with Crippen LogP contribution in [0.4, 0.5) is 0 Å². The van der Waals surface area contributed by atoms with Crippen molar-refractivity contribution in [3.63, 3.8) is 0 Å². The summed E-state index contributed by atoms with van der Waals surface area (Å²) >= 11 is 0. The predicted octanol–water partition coefficient (Wildman–Crippen LogP) is 1.88. The van der Waals surface area contributed by atoms with E-state index in [4.69, 9.17) is 4.74 Å². The number of rotatable bonds is 7. The number of hydrogen-bond acceptors (Lipinski definition) is 3. The Hall–Kier alpha value is -0.120. The molecule has 1 aliphatic heterocycles. The van der Waals surface area contributed by atoms with E-state index in [1.807, 2.05) is 0 Å². The normalized spacial score (nSPS) is 24.6. The van der Waals surface area contributed by atoms with Crippen molar-refractivity contribution in [2.75, 3.05) is 33.3 Å². The first-order chi connectivity index (χ1) is 7.77. The van der Waals surface area contributed by atoms with Crippen LogP contribution in [0.15, 0.2) is 0 Å². The SMILES string of the molecule is CCCCCC(NCC)C1CN(C)CCO1. The molecular formula is C13H28N2O. The van der Waals surface area contributed by atoms with Gasteiger partial charge in [0.05, 0.1) is 12.7 Å². The Balaban J connectivity index is 2.34. The van der Waals surface area contributed by atoms with Crippen molar-refractivity contribution in [3.8, 4) is 0 Å². The zero-order valence-electron chi connectivity index (χ0n) is 11.2. The molecule has 0 aromatic carbocycles. The van der Waals surface area contributed by atoms with Crippen molar-refractivity contribution in [2.24, 2.45) is 0 Å². The molecule has 0 radical (unpaired) electrons. The number of hydrogen-bond donors (Lipinski definition) is 1. The molecule has 1 fully saturated rings. The molecule has 0 bridgehead atoms. The van der Waals surface area contributed by atoms with Gasteiger partial charge in [0.25, 0.3) is 0 Å². The highest BCUT2D eigenvalue weighted by Crippen LogP contribution is 2.13. The monoisotopic (exact) mass is 228 g/mol. The lowest BCUT2D eigenvalue weighted by atomic mass is 10.0. The summed E-state index contributed by atoms with van der Waals surface area (Å²) < 4.78 is 5.89. The van der Waals surface area contributed by atoms with E-state index >= 15 is 0 Å². The second-order valence-corrected chi connectivity index (χ2v) is 4.83. The molecule has 16 heavy (non-hydrogen) atoms. The van der Waals surface area contributed by atoms with E-state index in [0.29, 0.717) is 12.1 Å². The lowest BCUT2D eigenvalue weighted by Gasteiger charge is -2.35. The molecule has 3 heteroatoms. The molecule has 1 N–H and O–H groups in total. The second kappa shape index (κ2) is 8.04. The third-order valence-electron chi connectivity index (χ3n) is 3.33. The molecule has 3 nitrogen and oxygen atoms in total. The third kappa shape index (κ3) is 4.81. The highest BCUT2D eigenvalue weighted by molar-refractivity contribution is 4.81. The van der Waals surface area contributed by atoms with Crippen molar-refractivity contribution in [1.82, 2.24) is 10.2 Å². The van der Waals surface area contributed by atoms with Gasteiger partial charge in [0, 0.05) is 19.1 Å². The lowest BCUT2D eigenvalue weighted by Crippen LogP contribution is -2.51. The minimum atomic E-state index is 0.385. The fourth-order valence-corrected chi connectivity index (χ4v) is 2.35. The van der Waals surface area contributed by atoms with Crippen LogP contribution in [-0.2, 0) is 4.74 Å². The highest BCUT2D eigenvalue weighted by Gasteiger charge is 2.25. The summed E-state index contributed by atoms with van der Waals surface area (Å²) in [7, 11) is 2.19. The Morgan fingerprint density at radius 3 is 2.81 bits per heavy atom. The Morgan fingerprint density at radius 1 is 1.38 bits per heavy atom. The van der Waals surface area contributed by atoms with Gasteiger partial charge >= 0.3 is 0 Å². The van der Waals surface area contributed by atoms with Crippen LogP contribution in [0.1, 0.15) is 39.5 Å². The Morgan fingerprint density at radius 2 is 2.19 bits per heavy atom. The van der Waals surface area contributed by atoms with Crippen molar-refractivity contribution < 1.29 is 4.74 Å². The van der Waals surface area contributed by atoms with Crippen LogP contribution in [-0.4, -0.2) is 50.3 Å². The molecule has 0 aromatic heterocycles. The van der Waals surface area contributed by atoms with Gasteiger partial charge in [0.1, 0.15) is 0 Å². The molecule has 2 unspecified atom stereocenters. The maximum absolute atomic E-state index is 5.89. The number of ether oxygens (including phenoxy) is 1. The largest absolute Gasteiger partial charge is 0.374 e. The van der Waals surface area contributed by atoms with Gasteiger partial charge in [0.2, 0.25) is 0 Å². The molecular weight excluding hydrogens is 200 g/mol. The van der Waals surface area contributed by atoms with Crippen molar-refractivity contribution in [2.45, 2.75) is 51.7 Å². The van der Waals surface area contributed by atoms with Crippen LogP contribution >= 0.6 is 0 Å². The molecule has 1 heterocycles. The van der Waals surface area contributed by atoms with Crippen LogP contribution in [0, 0.1) is 0 Å². The average Bonchev–Trinajstić information content (AvgIpc) is 2.28. The second-order valence-electron chi connectivity index (χ2n) is 4.83. The zero-order valence-corrected chi connectivity index (χ0v) is 11.2. The van der Waals surface area contributed by atoms with E-state index in [9.17, 15) is 0 Å². The first-order valence-electron chi connectivity index (χ1n) is 6.81. The number of nitrogens with zero attached hydrogens (tertiary/aromatic N) is 1. The van der Waals surface area contributed by atoms with Gasteiger partial charge in [-0.25, -0.2) is 0 Å². The smallest absolute Gasteiger partial charge is 0.0855 e. The van der Waals surface area contributed by atoms with E-state index in [2.05, 4.69) is 31.1 Å². The standard InChI is InChI=1S/C13H28N2O/c1-4-6-7-8-12(14-5-2)13-11-15(3)9-10-16-13/h12-14H,4-11H2,1-3H3. The fraction of sp³-hybridized carbons (Fsp3) is 1.00. The predicted molar refractivity (Wildman–Crippen MR) is 68.8 cm³/mol. The molecule has 0 aliphatic carbocycles. The summed E-state index contributed by atoms with van der Waals surface area (Å²) in [5.74, 6) is 0. The van der Waals surface area contributed by atoms with E-state index in [1.54, 1.807) is 0 Å². The summed E-state index contributed by atoms with van der Waals surface area (Å²) in [6.45, 7) is 8.51. The highest BCUT2D eigenvalue weighted by atomic mass is 16.5. The van der Waals surface area contributed by atoms with Gasteiger partial charge in [0.15, 0.2) is 0 Å². The third-order valence-corrected chi connectivity index (χ3v) is 3.33. The molecule has 1 rings (SSSR count). The van der Waals surface area contributed by atoms with Crippen LogP contribution in [0.25, 0.3) is 0 Å². The molecule has 96 valence electrons. The van der Waals surface area contributed by atoms with Crippen LogP contribution in [0.5, 0.6) is 0 Å². The quantitative estimate of drug-likeness (QED) is 0.673. The fourth-order valence-electron chi connectivity index (χ4n) is 2.35. The Bertz CT molecular complexity index is 175. The first-order valence-corrected chi connectivity index (χ1v) is 6.81. The summed E-state index contributed by atoms with van der Waals surface area (Å²) in [6.07, 6.45) is 5.59. The first kappa shape index (κ1) is 13.9. The van der Waals surface area contributed by atoms with E-state index in [-0.39, 0.29) is 0 Å². The zero-order chi connectivity index (χ0) is 11.8. The number of morpholine rings is 1. The summed E-state index contributed by atoms with van der Waals surface area (Å²) in [6, 6.07) is 0.541. The van der Waals surface area contributed by atoms with Crippen LogP contribution in [0.3, 0.4) is 0 Å².